The van der Waals surface area contributed by atoms with Crippen LogP contribution in [0.25, 0.3) is 0 Å². The summed E-state index contributed by atoms with van der Waals surface area (Å²) in [5.74, 6) is -14.9. The number of ether oxygens (including phenoxy) is 22. The molecular weight excluding hydrogens is 2070 g/mol. The number of carboxylic acids is 3. The van der Waals surface area contributed by atoms with Gasteiger partial charge in [-0.25, -0.2) is 14.4 Å². The molecule has 150 heavy (non-hydrogen) atoms. The van der Waals surface area contributed by atoms with Crippen molar-refractivity contribution < 1.29 is 333 Å². The number of rotatable bonds is 46. The minimum absolute atomic E-state index is 0.685. The van der Waals surface area contributed by atoms with Crippen molar-refractivity contribution in [2.45, 2.75) is 398 Å². The van der Waals surface area contributed by atoms with Gasteiger partial charge in [0.05, 0.1) is 116 Å². The largest absolute Gasteiger partial charge is 0.479 e. The third-order valence-corrected chi connectivity index (χ3v) is 27.4. The molecule has 0 aliphatic carbocycles. The maximum absolute atomic E-state index is 14.6. The summed E-state index contributed by atoms with van der Waals surface area (Å²) in [7, 11) is 0. The zero-order valence-corrected chi connectivity index (χ0v) is 78.3. The monoisotopic (exact) mass is 2210 g/mol. The highest BCUT2D eigenvalue weighted by Crippen LogP contribution is 2.47. The van der Waals surface area contributed by atoms with E-state index in [0.29, 0.717) is 0 Å². The van der Waals surface area contributed by atoms with Crippen LogP contribution in [0.4, 0.5) is 0 Å². The quantitative estimate of drug-likeness (QED) is 0.0269. The number of aliphatic hydroxyl groups excluding tert-OH is 39. The zero-order valence-electron chi connectivity index (χ0n) is 78.3. The highest BCUT2D eigenvalue weighted by molar-refractivity contribution is 5.77. The van der Waals surface area contributed by atoms with Crippen molar-refractivity contribution >= 4 is 17.9 Å². The molecule has 0 spiro atoms. The SMILES string of the molecule is N[C@H]1[C@H](OC[C@@H](O)[C@@H](O)[C@H](O)[C@@H](N)CO)O[C@H](CO[C@]2(C(=O)O)C[C@@H](O[C@]3(C(=O)O)C[C@@H](O)[C@@H](O)[C@@H]([C@H](O)CO)O3)[C@@H](O[C@H]3O[C@H]([C@@H](O)CO)[C@@H](O[C@@H]4O[C@H](CO)[C@@H](O)[C@H](O)[C@H]4O)[C@H](O[C@H]4O[C@H]([C@@H](O)CO[C@H]5O[C@H]([C@@H](O)CO)[C@@H](O)[C@H](O)[C@@H]5O)[C@@H](O)[C@H](O[C@H]5O[C@H](C(=O)O)[C@H](O)[C@H](O)[C@H]5O[C@H]5O[C@H]([C@H](O)CO)[C@@H](O)[C@H](O)[C@@H]5O[C@H]5O[C@H]([C@@H](O)CO)[C@@H](O)[C@H](O)[C@@H]5O)[C@@H]4O)[C@@H]3O)[C@@H]([C@H](O)CO[C@H]3OC[C@H](N)[C@H](O)[C@H]3O)O2)[C@@H](O)[C@@H]1O. The van der Waals surface area contributed by atoms with E-state index in [1.165, 1.54) is 0 Å². The first kappa shape index (κ1) is 126. The molecule has 0 saturated carbocycles. The Labute approximate surface area is 843 Å². The van der Waals surface area contributed by atoms with Gasteiger partial charge in [-0.3, -0.25) is 0 Å². The van der Waals surface area contributed by atoms with Gasteiger partial charge in [-0.2, -0.15) is 0 Å². The zero-order chi connectivity index (χ0) is 111. The van der Waals surface area contributed by atoms with Gasteiger partial charge in [-0.15, -0.1) is 0 Å². The van der Waals surface area contributed by atoms with E-state index in [0.717, 1.165) is 0 Å². The van der Waals surface area contributed by atoms with Crippen molar-refractivity contribution in [2.75, 3.05) is 79.3 Å². The maximum Gasteiger partial charge on any atom is 0.364 e. The fraction of sp³-hybridized carbons (Fsp3) is 0.963. The molecule has 11 saturated heterocycles. The molecule has 0 aromatic rings. The second kappa shape index (κ2) is 53.9. The lowest BCUT2D eigenvalue weighted by Gasteiger charge is -2.53. The Hall–Kier alpha value is -4.15. The fourth-order valence-corrected chi connectivity index (χ4v) is 18.5. The summed E-state index contributed by atoms with van der Waals surface area (Å²) in [5, 5.41) is 472. The Morgan fingerprint density at radius 1 is 0.320 bits per heavy atom. The number of hydrogen-bond donors (Lipinski definition) is 45. The van der Waals surface area contributed by atoms with Crippen LogP contribution in [0.3, 0.4) is 0 Å². The van der Waals surface area contributed by atoms with Crippen molar-refractivity contribution in [3.05, 3.63) is 0 Å². The van der Waals surface area contributed by atoms with Crippen LogP contribution in [-0.4, -0.2) is 697 Å². The Morgan fingerprint density at radius 2 is 0.720 bits per heavy atom. The number of aliphatic carboxylic acids is 3. The average Bonchev–Trinajstić information content (AvgIpc) is 0.736. The molecule has 0 unspecified atom stereocenters. The number of aliphatic hydroxyl groups is 39. The average molecular weight is 2210 g/mol. The third kappa shape index (κ3) is 27.1. The normalized spacial score (nSPS) is 47.8. The van der Waals surface area contributed by atoms with E-state index >= 15 is 0 Å². The molecule has 11 fully saturated rings. The molecule has 0 radical (unpaired) electrons. The lowest BCUT2D eigenvalue weighted by molar-refractivity contribution is -0.421. The number of nitrogens with two attached hydrogens (primary N) is 3. The van der Waals surface area contributed by atoms with Crippen molar-refractivity contribution in [1.29, 1.82) is 0 Å². The summed E-state index contributed by atoms with van der Waals surface area (Å²) in [5.41, 5.74) is 17.6. The molecule has 0 aromatic carbocycles. The second-order valence-electron chi connectivity index (χ2n) is 37.7. The Morgan fingerprint density at radius 3 is 1.26 bits per heavy atom. The number of hydrogen-bond acceptors (Lipinski definition) is 67. The molecule has 0 amide bonds. The molecule has 11 aliphatic heterocycles. The summed E-state index contributed by atoms with van der Waals surface area (Å²) in [6.45, 7) is -15.8. The van der Waals surface area contributed by atoms with Gasteiger partial charge in [-0.05, 0) is 0 Å². The van der Waals surface area contributed by atoms with E-state index in [1.807, 2.05) is 0 Å². The van der Waals surface area contributed by atoms with Crippen LogP contribution in [0, 0.1) is 0 Å². The first-order valence-electron chi connectivity index (χ1n) is 46.8. The lowest BCUT2D eigenvalue weighted by atomic mass is 9.89. The molecule has 48 N–H and O–H groups in total. The fourth-order valence-electron chi connectivity index (χ4n) is 18.5. The first-order chi connectivity index (χ1) is 70.5. The summed E-state index contributed by atoms with van der Waals surface area (Å²) >= 11 is 0. The summed E-state index contributed by atoms with van der Waals surface area (Å²) in [4.78, 5) is 42.1. The summed E-state index contributed by atoms with van der Waals surface area (Å²) in [6, 6.07) is -4.90. The third-order valence-electron chi connectivity index (χ3n) is 27.4. The lowest BCUT2D eigenvalue weighted by Crippen LogP contribution is -2.71. The molecule has 0 bridgehead atoms. The van der Waals surface area contributed by atoms with E-state index in [1.54, 1.807) is 0 Å². The van der Waals surface area contributed by atoms with Gasteiger partial charge in [0.1, 0.15) is 275 Å². The standard InChI is InChI=1S/C80H137N3O67/c81-15(3-84)30(100)32(102)23(97)11-130-68-29(83)36(106)35(105)28(135-68)14-133-79(77(125)126)2-26(148-80(78(127)128)1-17(91)33(103)57(149-80)21(95)7-88)60(59(150-79)25(99)13-131-69-46(116)31(101)16(82)10-129-69)141-74-52(122)62(66(58(140-74)22(96)8-89)147-71-48(118)37(107)34(104)27(9-90)134-71)143-73-51(121)61(50(120)56(138-73)24(98)12-132-70-47(117)38(108)40(110)53(136-70)18(92)4-85)142-76-65(45(115)43(113)63(144-76)67(123)124)146-75-64(44(114)42(112)55(139-75)20(94)6-87)145-72-49(119)39(109)41(111)54(137-72)19(93)5-86/h15-66,68-76,84-122H,1-14,81-83H2,(H,123,124)(H,125,126)(H,127,128)/t15-,16-,17+,18-,19-,20+,21+,22-,23+,24-,25+,26+,27+,28+,29+,30+,31-,32+,33+,34+,35+,36+,37-,38-,39-,40-,41-,42-,43+,44-,45-,46+,47-,48+,49-,50+,51-,52-,53+,54+,55+,56+,57+,58+,59+,60+,61-,62+,63-,64-,65+,66+,68+,69+,70-,71-,72+,73+,74+,75+,76-,79+,80+/m0/s1. The van der Waals surface area contributed by atoms with Crippen LogP contribution in [0.2, 0.25) is 0 Å². The number of carboxylic acid groups (broad SMARTS) is 3. The molecule has 11 aliphatic rings. The van der Waals surface area contributed by atoms with Crippen LogP contribution in [-0.2, 0) is 119 Å². The second-order valence-corrected chi connectivity index (χ2v) is 37.7. The van der Waals surface area contributed by atoms with Gasteiger partial charge >= 0.3 is 17.9 Å². The Kier molecular flexibility index (Phi) is 45.3. The highest BCUT2D eigenvalue weighted by Gasteiger charge is 2.67. The van der Waals surface area contributed by atoms with E-state index in [-0.39, 0.29) is 0 Å². The maximum atomic E-state index is 14.6. The molecule has 70 heteroatoms. The molecule has 11 heterocycles. The predicted molar refractivity (Wildman–Crippen MR) is 450 cm³/mol. The van der Waals surface area contributed by atoms with Crippen molar-refractivity contribution in [1.82, 2.24) is 0 Å². The van der Waals surface area contributed by atoms with Crippen LogP contribution in [0.5, 0.6) is 0 Å². The van der Waals surface area contributed by atoms with Crippen LogP contribution in [0.1, 0.15) is 12.8 Å². The Balaban J connectivity index is 1.06. The van der Waals surface area contributed by atoms with Gasteiger partial charge in [0.2, 0.25) is 0 Å². The van der Waals surface area contributed by atoms with Crippen molar-refractivity contribution in [2.24, 2.45) is 17.2 Å². The molecule has 0 aromatic heterocycles. The molecule has 11 rings (SSSR count). The van der Waals surface area contributed by atoms with Crippen LogP contribution in [0.15, 0.2) is 0 Å². The molecular formula is C80H137N3O67. The Bertz CT molecular complexity index is 4120. The van der Waals surface area contributed by atoms with E-state index in [9.17, 15) is 229 Å². The van der Waals surface area contributed by atoms with Crippen molar-refractivity contribution in [3.63, 3.8) is 0 Å². The van der Waals surface area contributed by atoms with Crippen LogP contribution < -0.4 is 17.2 Å². The number of carbonyl (C=O) groups is 3. The van der Waals surface area contributed by atoms with Gasteiger partial charge in [0.25, 0.3) is 11.6 Å². The topological polar surface area (TPSA) is 1180 Å². The van der Waals surface area contributed by atoms with Gasteiger partial charge in [-0.1, -0.05) is 0 Å². The first-order valence-corrected chi connectivity index (χ1v) is 46.8. The minimum atomic E-state index is -3.84. The van der Waals surface area contributed by atoms with E-state index < -0.39 is 495 Å². The highest BCUT2D eigenvalue weighted by atomic mass is 16.8. The predicted octanol–water partition coefficient (Wildman–Crippen LogP) is -30.4. The smallest absolute Gasteiger partial charge is 0.364 e. The van der Waals surface area contributed by atoms with Gasteiger partial charge < -0.3 is 336 Å². The van der Waals surface area contributed by atoms with Crippen molar-refractivity contribution in [3.8, 4) is 0 Å². The van der Waals surface area contributed by atoms with Crippen LogP contribution >= 0.6 is 0 Å². The van der Waals surface area contributed by atoms with E-state index in [2.05, 4.69) is 0 Å². The molecule has 70 nitrogen and oxygen atoms in total. The summed E-state index contributed by atoms with van der Waals surface area (Å²) < 4.78 is 129. The summed E-state index contributed by atoms with van der Waals surface area (Å²) in [6.07, 6.45) is -154. The molecule has 63 atom stereocenters. The molecule has 874 valence electrons. The van der Waals surface area contributed by atoms with Gasteiger partial charge in [0.15, 0.2) is 62.7 Å². The van der Waals surface area contributed by atoms with Gasteiger partial charge in [0, 0.05) is 12.8 Å². The minimum Gasteiger partial charge on any atom is -0.479 e. The van der Waals surface area contributed by atoms with E-state index in [4.69, 9.17) is 121 Å².